The van der Waals surface area contributed by atoms with Crippen molar-refractivity contribution in [1.29, 1.82) is 5.26 Å². The molecule has 1 rings (SSSR count). The van der Waals surface area contributed by atoms with Gasteiger partial charge in [-0.3, -0.25) is 0 Å². The highest BCUT2D eigenvalue weighted by Crippen LogP contribution is 2.38. The normalized spacial score (nSPS) is 28.3. The van der Waals surface area contributed by atoms with E-state index < -0.39 is 0 Å². The Hall–Kier alpha value is -0.0700. The summed E-state index contributed by atoms with van der Waals surface area (Å²) in [5.41, 5.74) is -0.254. The summed E-state index contributed by atoms with van der Waals surface area (Å²) in [5.74, 6) is 2.01. The summed E-state index contributed by atoms with van der Waals surface area (Å²) in [5, 5.41) is 9.06. The molecule has 1 heterocycles. The Kier molecular flexibility index (Phi) is 3.54. The molecule has 1 unspecified atom stereocenters. The zero-order chi connectivity index (χ0) is 9.03. The van der Waals surface area contributed by atoms with Gasteiger partial charge in [0.1, 0.15) is 0 Å². The Balaban J connectivity index is 2.67. The summed E-state index contributed by atoms with van der Waals surface area (Å²) >= 11 is 7.14. The van der Waals surface area contributed by atoms with E-state index in [0.29, 0.717) is 0 Å². The third kappa shape index (κ3) is 1.81. The average Bonchev–Trinajstić information content (AvgIpc) is 2.54. The summed E-state index contributed by atoms with van der Waals surface area (Å²) in [4.78, 5) is 0.984. The molecule has 1 nitrogen and oxygen atoms in total. The van der Waals surface area contributed by atoms with E-state index in [1.165, 1.54) is 0 Å². The van der Waals surface area contributed by atoms with Gasteiger partial charge in [0.25, 0.3) is 0 Å². The first-order valence-corrected chi connectivity index (χ1v) is 5.84. The molecule has 0 radical (unpaired) electrons. The van der Waals surface area contributed by atoms with Gasteiger partial charge in [-0.2, -0.15) is 17.0 Å². The molecule has 1 atom stereocenters. The number of nitrogens with zero attached hydrogens (tertiary/aromatic N) is 1. The van der Waals surface area contributed by atoms with Crippen LogP contribution in [0.25, 0.3) is 0 Å². The van der Waals surface area contributed by atoms with Crippen LogP contribution in [0.15, 0.2) is 0 Å². The number of hydrogen-bond acceptors (Lipinski definition) is 3. The fraction of sp³-hybridized carbons (Fsp3) is 0.778. The van der Waals surface area contributed by atoms with Gasteiger partial charge in [0.05, 0.1) is 11.5 Å². The van der Waals surface area contributed by atoms with Crippen LogP contribution in [0.5, 0.6) is 0 Å². The van der Waals surface area contributed by atoms with Gasteiger partial charge in [0.15, 0.2) is 0 Å². The van der Waals surface area contributed by atoms with Gasteiger partial charge < -0.3 is 0 Å². The third-order valence-electron chi connectivity index (χ3n) is 2.25. The van der Waals surface area contributed by atoms with E-state index in [0.717, 1.165) is 35.6 Å². The van der Waals surface area contributed by atoms with E-state index >= 15 is 0 Å². The first-order chi connectivity index (χ1) is 5.75. The van der Waals surface area contributed by atoms with Gasteiger partial charge in [-0.15, -0.1) is 0 Å². The van der Waals surface area contributed by atoms with Crippen LogP contribution in [0.2, 0.25) is 0 Å². The topological polar surface area (TPSA) is 23.8 Å². The molecule has 66 valence electrons. The van der Waals surface area contributed by atoms with Crippen LogP contribution in [-0.4, -0.2) is 16.4 Å². The predicted octanol–water partition coefficient (Wildman–Crippen LogP) is 2.80. The fourth-order valence-corrected chi connectivity index (χ4v) is 3.29. The molecule has 0 saturated carbocycles. The number of hydrogen-bond donors (Lipinski definition) is 0. The van der Waals surface area contributed by atoms with Crippen molar-refractivity contribution in [2.45, 2.75) is 26.2 Å². The van der Waals surface area contributed by atoms with E-state index in [4.69, 9.17) is 17.5 Å². The number of nitriles is 1. The Morgan fingerprint density at radius 2 is 2.50 bits per heavy atom. The molecule has 0 bridgehead atoms. The zero-order valence-electron chi connectivity index (χ0n) is 7.30. The fourth-order valence-electron chi connectivity index (χ4n) is 1.40. The zero-order valence-corrected chi connectivity index (χ0v) is 8.93. The lowest BCUT2D eigenvalue weighted by Crippen LogP contribution is -2.27. The minimum absolute atomic E-state index is 0.254. The van der Waals surface area contributed by atoms with Gasteiger partial charge in [-0.25, -0.2) is 0 Å². The van der Waals surface area contributed by atoms with Crippen molar-refractivity contribution in [2.24, 2.45) is 5.41 Å². The lowest BCUT2D eigenvalue weighted by Gasteiger charge is -2.19. The van der Waals surface area contributed by atoms with Crippen LogP contribution >= 0.6 is 24.0 Å². The van der Waals surface area contributed by atoms with Crippen molar-refractivity contribution >= 4 is 28.8 Å². The predicted molar refractivity (Wildman–Crippen MR) is 57.5 cm³/mol. The monoisotopic (exact) mass is 199 g/mol. The van der Waals surface area contributed by atoms with Gasteiger partial charge in [-0.1, -0.05) is 25.6 Å². The smallest absolute Gasteiger partial charge is 0.0982 e. The molecule has 1 saturated heterocycles. The van der Waals surface area contributed by atoms with E-state index in [1.54, 1.807) is 0 Å². The van der Waals surface area contributed by atoms with Crippen molar-refractivity contribution in [3.63, 3.8) is 0 Å². The number of rotatable bonds is 3. The Labute approximate surface area is 83.5 Å². The molecule has 0 aliphatic carbocycles. The van der Waals surface area contributed by atoms with Gasteiger partial charge in [-0.05, 0) is 18.6 Å². The molecule has 3 heteroatoms. The first kappa shape index (κ1) is 10.0. The third-order valence-corrected chi connectivity index (χ3v) is 4.03. The summed E-state index contributed by atoms with van der Waals surface area (Å²) in [6.07, 6.45) is 2.96. The van der Waals surface area contributed by atoms with Crippen molar-refractivity contribution in [2.75, 3.05) is 11.5 Å². The molecule has 1 fully saturated rings. The Morgan fingerprint density at radius 1 is 1.75 bits per heavy atom. The Morgan fingerprint density at radius 3 is 2.92 bits per heavy atom. The van der Waals surface area contributed by atoms with E-state index in [-0.39, 0.29) is 5.41 Å². The molecule has 1 aliphatic rings. The Bertz CT molecular complexity index is 211. The maximum atomic E-state index is 9.06. The van der Waals surface area contributed by atoms with Gasteiger partial charge in [0.2, 0.25) is 0 Å². The van der Waals surface area contributed by atoms with Crippen LogP contribution < -0.4 is 0 Å². The minimum atomic E-state index is -0.254. The maximum absolute atomic E-state index is 9.06. The molecule has 0 amide bonds. The highest BCUT2D eigenvalue weighted by atomic mass is 32.2. The van der Waals surface area contributed by atoms with E-state index in [1.807, 2.05) is 11.8 Å². The van der Waals surface area contributed by atoms with Crippen LogP contribution in [-0.2, 0) is 0 Å². The van der Waals surface area contributed by atoms with Gasteiger partial charge >= 0.3 is 0 Å². The summed E-state index contributed by atoms with van der Waals surface area (Å²) < 4.78 is 0. The molecular formula is C9H13NS2. The van der Waals surface area contributed by atoms with Crippen LogP contribution in [0, 0.1) is 16.7 Å². The highest BCUT2D eigenvalue weighted by molar-refractivity contribution is 7.99. The molecule has 1 aliphatic heterocycles. The minimum Gasteiger partial charge on any atom is -0.197 e. The maximum Gasteiger partial charge on any atom is 0.0982 e. The molecule has 0 N–H and O–H groups in total. The molecule has 12 heavy (non-hydrogen) atoms. The molecular weight excluding hydrogens is 186 g/mol. The summed E-state index contributed by atoms with van der Waals surface area (Å²) in [6.45, 7) is 2.11. The largest absolute Gasteiger partial charge is 0.197 e. The van der Waals surface area contributed by atoms with Crippen molar-refractivity contribution in [3.05, 3.63) is 0 Å². The van der Waals surface area contributed by atoms with Crippen molar-refractivity contribution in [3.8, 4) is 6.07 Å². The summed E-state index contributed by atoms with van der Waals surface area (Å²) in [7, 11) is 0. The second-order valence-corrected chi connectivity index (χ2v) is 4.77. The van der Waals surface area contributed by atoms with Crippen molar-refractivity contribution < 1.29 is 0 Å². The number of thiocarbonyl (C=S) groups is 1. The average molecular weight is 199 g/mol. The molecule has 0 spiro atoms. The van der Waals surface area contributed by atoms with Crippen LogP contribution in [0.1, 0.15) is 26.2 Å². The van der Waals surface area contributed by atoms with Crippen molar-refractivity contribution in [1.82, 2.24) is 0 Å². The molecule has 0 aromatic rings. The SMILES string of the molecule is CCCC(=S)C1(C#N)CCSC1. The molecule has 0 aromatic carbocycles. The lowest BCUT2D eigenvalue weighted by atomic mass is 9.84. The highest BCUT2D eigenvalue weighted by Gasteiger charge is 2.37. The van der Waals surface area contributed by atoms with Gasteiger partial charge in [0, 0.05) is 10.6 Å². The van der Waals surface area contributed by atoms with E-state index in [9.17, 15) is 0 Å². The van der Waals surface area contributed by atoms with Crippen LogP contribution in [0.3, 0.4) is 0 Å². The van der Waals surface area contributed by atoms with E-state index in [2.05, 4.69) is 13.0 Å². The molecule has 0 aromatic heterocycles. The quantitative estimate of drug-likeness (QED) is 0.653. The second kappa shape index (κ2) is 4.25. The standard InChI is InChI=1S/C9H13NS2/c1-2-3-8(11)9(6-10)4-5-12-7-9/h2-5,7H2,1H3. The first-order valence-electron chi connectivity index (χ1n) is 4.27. The second-order valence-electron chi connectivity index (χ2n) is 3.17. The summed E-state index contributed by atoms with van der Waals surface area (Å²) in [6, 6.07) is 2.40. The number of thioether (sulfide) groups is 1. The van der Waals surface area contributed by atoms with Crippen LogP contribution in [0.4, 0.5) is 0 Å². The lowest BCUT2D eigenvalue weighted by molar-refractivity contribution is 0.624.